The molecule has 3 rings (SSSR count). The van der Waals surface area contributed by atoms with E-state index in [1.807, 2.05) is 9.80 Å². The minimum atomic E-state index is -0.413. The van der Waals surface area contributed by atoms with E-state index in [0.717, 1.165) is 36.2 Å². The molecule has 1 aromatic rings. The number of nitrogens with one attached hydrogen (secondary N) is 1. The summed E-state index contributed by atoms with van der Waals surface area (Å²) >= 11 is 0. The van der Waals surface area contributed by atoms with Crippen molar-refractivity contribution >= 4 is 17.6 Å². The lowest BCUT2D eigenvalue weighted by atomic mass is 9.85. The van der Waals surface area contributed by atoms with Crippen molar-refractivity contribution < 1.29 is 14.3 Å². The number of amides is 3. The predicted octanol–water partition coefficient (Wildman–Crippen LogP) is 4.04. The van der Waals surface area contributed by atoms with Gasteiger partial charge in [0.15, 0.2) is 0 Å². The number of nitrogens with zero attached hydrogens (tertiary/aromatic N) is 2. The van der Waals surface area contributed by atoms with Crippen molar-refractivity contribution in [2.24, 2.45) is 5.41 Å². The van der Waals surface area contributed by atoms with Crippen LogP contribution in [-0.4, -0.2) is 61.6 Å². The Balaban J connectivity index is 1.73. The van der Waals surface area contributed by atoms with E-state index in [9.17, 15) is 9.59 Å². The Labute approximate surface area is 174 Å². The molecule has 2 heterocycles. The maximum atomic E-state index is 13.1. The van der Waals surface area contributed by atoms with Crippen LogP contribution in [-0.2, 0) is 9.53 Å². The number of methoxy groups -OCH3 is 1. The molecular weight excluding hydrogens is 366 g/mol. The summed E-state index contributed by atoms with van der Waals surface area (Å²) < 4.78 is 5.12. The molecule has 1 unspecified atom stereocenters. The van der Waals surface area contributed by atoms with Crippen LogP contribution >= 0.6 is 0 Å². The van der Waals surface area contributed by atoms with Crippen molar-refractivity contribution in [1.82, 2.24) is 9.80 Å². The first kappa shape index (κ1) is 21.6. The second-order valence-electron chi connectivity index (χ2n) is 9.04. The molecule has 0 saturated carbocycles. The number of para-hydroxylation sites is 1. The summed E-state index contributed by atoms with van der Waals surface area (Å²) in [7, 11) is 1.65. The van der Waals surface area contributed by atoms with Gasteiger partial charge in [-0.05, 0) is 35.8 Å². The van der Waals surface area contributed by atoms with Gasteiger partial charge in [0.2, 0.25) is 5.91 Å². The van der Waals surface area contributed by atoms with Crippen LogP contribution in [0.3, 0.4) is 0 Å². The lowest BCUT2D eigenvalue weighted by Gasteiger charge is -2.25. The number of ether oxygens (including phenoxy) is 1. The zero-order chi connectivity index (χ0) is 21.2. The maximum Gasteiger partial charge on any atom is 0.321 e. The van der Waals surface area contributed by atoms with Crippen molar-refractivity contribution in [3.63, 3.8) is 0 Å². The molecule has 1 spiro atoms. The van der Waals surface area contributed by atoms with Gasteiger partial charge in [-0.2, -0.15) is 0 Å². The minimum absolute atomic E-state index is 0.0972. The molecule has 3 amide bonds. The van der Waals surface area contributed by atoms with Crippen LogP contribution in [0.15, 0.2) is 18.2 Å². The molecule has 1 N–H and O–H groups in total. The number of anilines is 1. The number of carbonyl (C=O) groups excluding carboxylic acids is 2. The van der Waals surface area contributed by atoms with Gasteiger partial charge in [0.25, 0.3) is 0 Å². The van der Waals surface area contributed by atoms with E-state index in [2.05, 4.69) is 51.2 Å². The number of benzene rings is 1. The van der Waals surface area contributed by atoms with Crippen molar-refractivity contribution in [3.05, 3.63) is 29.3 Å². The number of carbonyl (C=O) groups is 2. The second-order valence-corrected chi connectivity index (χ2v) is 9.04. The van der Waals surface area contributed by atoms with Crippen molar-refractivity contribution in [2.45, 2.75) is 52.4 Å². The Morgan fingerprint density at radius 2 is 1.76 bits per heavy atom. The molecule has 2 aliphatic rings. The first-order chi connectivity index (χ1) is 13.8. The van der Waals surface area contributed by atoms with E-state index < -0.39 is 5.41 Å². The third-order valence-corrected chi connectivity index (χ3v) is 6.41. The molecule has 0 aromatic heterocycles. The Hall–Kier alpha value is -2.08. The van der Waals surface area contributed by atoms with Crippen molar-refractivity contribution in [1.29, 1.82) is 0 Å². The average Bonchev–Trinajstić information content (AvgIpc) is 3.25. The van der Waals surface area contributed by atoms with Gasteiger partial charge >= 0.3 is 6.03 Å². The van der Waals surface area contributed by atoms with E-state index in [1.165, 1.54) is 0 Å². The summed E-state index contributed by atoms with van der Waals surface area (Å²) in [4.78, 5) is 29.8. The molecule has 6 heteroatoms. The summed E-state index contributed by atoms with van der Waals surface area (Å²) in [5.74, 6) is 0.814. The number of urea groups is 1. The molecule has 1 atom stereocenters. The highest BCUT2D eigenvalue weighted by atomic mass is 16.5. The smallest absolute Gasteiger partial charge is 0.321 e. The monoisotopic (exact) mass is 401 g/mol. The fourth-order valence-corrected chi connectivity index (χ4v) is 4.61. The van der Waals surface area contributed by atoms with E-state index in [-0.39, 0.29) is 11.9 Å². The zero-order valence-electron chi connectivity index (χ0n) is 18.5. The predicted molar refractivity (Wildman–Crippen MR) is 115 cm³/mol. The van der Waals surface area contributed by atoms with Crippen LogP contribution in [0.5, 0.6) is 0 Å². The van der Waals surface area contributed by atoms with E-state index in [1.54, 1.807) is 7.11 Å². The lowest BCUT2D eigenvalue weighted by Crippen LogP contribution is -2.40. The molecular formula is C23H35N3O3. The first-order valence-corrected chi connectivity index (χ1v) is 10.8. The number of rotatable bonds is 6. The fraction of sp³-hybridized carbons (Fsp3) is 0.652. The zero-order valence-corrected chi connectivity index (χ0v) is 18.5. The highest BCUT2D eigenvalue weighted by molar-refractivity contribution is 5.93. The molecule has 2 aliphatic heterocycles. The topological polar surface area (TPSA) is 61.9 Å². The van der Waals surface area contributed by atoms with Gasteiger partial charge in [-0.1, -0.05) is 45.9 Å². The van der Waals surface area contributed by atoms with Gasteiger partial charge < -0.3 is 19.9 Å². The van der Waals surface area contributed by atoms with Gasteiger partial charge in [-0.25, -0.2) is 4.79 Å². The molecule has 2 fully saturated rings. The minimum Gasteiger partial charge on any atom is -0.383 e. The highest BCUT2D eigenvalue weighted by Gasteiger charge is 2.51. The van der Waals surface area contributed by atoms with Crippen LogP contribution in [0.1, 0.15) is 63.5 Å². The van der Waals surface area contributed by atoms with Crippen LogP contribution < -0.4 is 5.32 Å². The summed E-state index contributed by atoms with van der Waals surface area (Å²) in [6.07, 6.45) is 1.56. The molecule has 1 aromatic carbocycles. The third kappa shape index (κ3) is 4.27. The molecule has 6 nitrogen and oxygen atoms in total. The van der Waals surface area contributed by atoms with Crippen molar-refractivity contribution in [2.75, 3.05) is 45.2 Å². The quantitative estimate of drug-likeness (QED) is 0.783. The SMILES string of the molecule is COCCN1CCC2(CCN(C(=O)Nc3c(C(C)C)cccc3C(C)C)C2)C1=O. The Morgan fingerprint density at radius 3 is 2.34 bits per heavy atom. The third-order valence-electron chi connectivity index (χ3n) is 6.41. The number of hydrogen-bond donors (Lipinski definition) is 1. The summed E-state index contributed by atoms with van der Waals surface area (Å²) in [6.45, 7) is 11.6. The standard InChI is InChI=1S/C23H35N3O3/c1-16(2)18-7-6-8-19(17(3)4)20(18)24-22(28)26-12-10-23(15-26)9-11-25(21(23)27)13-14-29-5/h6-8,16-17H,9-15H2,1-5H3,(H,24,28). The summed E-state index contributed by atoms with van der Waals surface area (Å²) in [6, 6.07) is 6.15. The average molecular weight is 402 g/mol. The number of likely N-dealkylation sites (tertiary alicyclic amines) is 2. The van der Waals surface area contributed by atoms with Crippen LogP contribution in [0.2, 0.25) is 0 Å². The van der Waals surface area contributed by atoms with E-state index >= 15 is 0 Å². The lowest BCUT2D eigenvalue weighted by molar-refractivity contribution is -0.135. The van der Waals surface area contributed by atoms with Gasteiger partial charge in [-0.3, -0.25) is 4.79 Å². The highest BCUT2D eigenvalue weighted by Crippen LogP contribution is 2.41. The Morgan fingerprint density at radius 1 is 1.14 bits per heavy atom. The second kappa shape index (κ2) is 8.74. The van der Waals surface area contributed by atoms with Gasteiger partial charge in [0, 0.05) is 39.0 Å². The van der Waals surface area contributed by atoms with Gasteiger partial charge in [0.1, 0.15) is 0 Å². The Bertz CT molecular complexity index is 735. The molecule has 2 saturated heterocycles. The van der Waals surface area contributed by atoms with Gasteiger partial charge in [0.05, 0.1) is 12.0 Å². The maximum absolute atomic E-state index is 13.1. The van der Waals surface area contributed by atoms with E-state index in [0.29, 0.717) is 38.1 Å². The van der Waals surface area contributed by atoms with E-state index in [4.69, 9.17) is 4.74 Å². The molecule has 0 aliphatic carbocycles. The van der Waals surface area contributed by atoms with Crippen molar-refractivity contribution in [3.8, 4) is 0 Å². The van der Waals surface area contributed by atoms with Crippen LogP contribution in [0.4, 0.5) is 10.5 Å². The summed E-state index contributed by atoms with van der Waals surface area (Å²) in [5, 5.41) is 3.19. The van der Waals surface area contributed by atoms with Crippen LogP contribution in [0.25, 0.3) is 0 Å². The van der Waals surface area contributed by atoms with Gasteiger partial charge in [-0.15, -0.1) is 0 Å². The largest absolute Gasteiger partial charge is 0.383 e. The molecule has 29 heavy (non-hydrogen) atoms. The number of hydrogen-bond acceptors (Lipinski definition) is 3. The first-order valence-electron chi connectivity index (χ1n) is 10.8. The molecule has 160 valence electrons. The normalized spacial score (nSPS) is 21.8. The van der Waals surface area contributed by atoms with Crippen LogP contribution in [0, 0.1) is 5.41 Å². The fourth-order valence-electron chi connectivity index (χ4n) is 4.61. The molecule has 0 bridgehead atoms. The summed E-state index contributed by atoms with van der Waals surface area (Å²) in [5.41, 5.74) is 2.83. The molecule has 0 radical (unpaired) electrons. The Kier molecular flexibility index (Phi) is 6.52.